The molecule has 2 rings (SSSR count). The van der Waals surface area contributed by atoms with Crippen molar-refractivity contribution in [2.75, 3.05) is 13.6 Å². The maximum Gasteiger partial charge on any atom is 0.237 e. The standard InChI is InChI=1S/C16H25N3O/c1-12-10-14(8-9-19(12)2)18-16(20)15(17)11-13-6-4-3-5-7-13/h3-7,12,14-15H,8-11,17H2,1-2H3,(H,18,20). The first-order valence-corrected chi connectivity index (χ1v) is 7.36. The lowest BCUT2D eigenvalue weighted by molar-refractivity contribution is -0.123. The molecule has 1 fully saturated rings. The molecule has 3 unspecified atom stereocenters. The average molecular weight is 275 g/mol. The van der Waals surface area contributed by atoms with E-state index in [0.29, 0.717) is 12.5 Å². The number of amides is 1. The number of piperidine rings is 1. The van der Waals surface area contributed by atoms with Gasteiger partial charge in [0.05, 0.1) is 6.04 Å². The van der Waals surface area contributed by atoms with E-state index in [4.69, 9.17) is 5.73 Å². The van der Waals surface area contributed by atoms with Gasteiger partial charge in [0.25, 0.3) is 0 Å². The van der Waals surface area contributed by atoms with Crippen LogP contribution < -0.4 is 11.1 Å². The molecule has 1 amide bonds. The third kappa shape index (κ3) is 4.05. The Kier molecular flexibility index (Phi) is 5.15. The number of benzene rings is 1. The fourth-order valence-corrected chi connectivity index (χ4v) is 2.69. The minimum atomic E-state index is -0.465. The highest BCUT2D eigenvalue weighted by Gasteiger charge is 2.25. The van der Waals surface area contributed by atoms with Crippen LogP contribution in [0.3, 0.4) is 0 Å². The molecule has 0 spiro atoms. The fraction of sp³-hybridized carbons (Fsp3) is 0.562. The highest BCUT2D eigenvalue weighted by molar-refractivity contribution is 5.82. The summed E-state index contributed by atoms with van der Waals surface area (Å²) >= 11 is 0. The van der Waals surface area contributed by atoms with Crippen LogP contribution in [0, 0.1) is 0 Å². The van der Waals surface area contributed by atoms with Gasteiger partial charge in [-0.25, -0.2) is 0 Å². The zero-order valence-corrected chi connectivity index (χ0v) is 12.4. The molecule has 110 valence electrons. The van der Waals surface area contributed by atoms with Gasteiger partial charge in [-0.2, -0.15) is 0 Å². The van der Waals surface area contributed by atoms with Crippen molar-refractivity contribution < 1.29 is 4.79 Å². The number of hydrogen-bond acceptors (Lipinski definition) is 3. The highest BCUT2D eigenvalue weighted by atomic mass is 16.2. The van der Waals surface area contributed by atoms with Crippen molar-refractivity contribution in [1.82, 2.24) is 10.2 Å². The van der Waals surface area contributed by atoms with E-state index in [2.05, 4.69) is 24.2 Å². The SMILES string of the molecule is CC1CC(NC(=O)C(N)Cc2ccccc2)CCN1C. The van der Waals surface area contributed by atoms with E-state index in [-0.39, 0.29) is 11.9 Å². The first kappa shape index (κ1) is 15.0. The molecule has 4 heteroatoms. The van der Waals surface area contributed by atoms with Gasteiger partial charge < -0.3 is 16.0 Å². The summed E-state index contributed by atoms with van der Waals surface area (Å²) in [6.07, 6.45) is 2.60. The van der Waals surface area contributed by atoms with Crippen LogP contribution in [0.5, 0.6) is 0 Å². The lowest BCUT2D eigenvalue weighted by Crippen LogP contribution is -2.51. The molecule has 4 nitrogen and oxygen atoms in total. The second-order valence-electron chi connectivity index (χ2n) is 5.86. The summed E-state index contributed by atoms with van der Waals surface area (Å²) in [6, 6.07) is 10.2. The number of hydrogen-bond donors (Lipinski definition) is 2. The van der Waals surface area contributed by atoms with Crippen molar-refractivity contribution in [3.63, 3.8) is 0 Å². The Morgan fingerprint density at radius 1 is 1.45 bits per heavy atom. The Morgan fingerprint density at radius 2 is 2.15 bits per heavy atom. The van der Waals surface area contributed by atoms with E-state index in [9.17, 15) is 4.79 Å². The number of carbonyl (C=O) groups excluding carboxylic acids is 1. The van der Waals surface area contributed by atoms with Crippen molar-refractivity contribution >= 4 is 5.91 Å². The fourth-order valence-electron chi connectivity index (χ4n) is 2.69. The lowest BCUT2D eigenvalue weighted by atomic mass is 9.98. The Bertz CT molecular complexity index is 435. The van der Waals surface area contributed by atoms with Gasteiger partial charge in [0, 0.05) is 18.6 Å². The summed E-state index contributed by atoms with van der Waals surface area (Å²) in [6.45, 7) is 3.22. The van der Waals surface area contributed by atoms with Gasteiger partial charge in [0.15, 0.2) is 0 Å². The molecule has 0 aliphatic carbocycles. The van der Waals surface area contributed by atoms with Crippen LogP contribution >= 0.6 is 0 Å². The first-order chi connectivity index (χ1) is 9.56. The molecule has 1 aliphatic heterocycles. The topological polar surface area (TPSA) is 58.4 Å². The van der Waals surface area contributed by atoms with Crippen molar-refractivity contribution in [2.45, 2.75) is 44.3 Å². The van der Waals surface area contributed by atoms with Gasteiger partial charge >= 0.3 is 0 Å². The van der Waals surface area contributed by atoms with Crippen LogP contribution in [0.25, 0.3) is 0 Å². The van der Waals surface area contributed by atoms with Crippen LogP contribution in [-0.4, -0.2) is 42.5 Å². The monoisotopic (exact) mass is 275 g/mol. The Balaban J connectivity index is 1.82. The zero-order valence-electron chi connectivity index (χ0n) is 12.4. The maximum atomic E-state index is 12.2. The molecule has 0 radical (unpaired) electrons. The third-order valence-electron chi connectivity index (χ3n) is 4.19. The van der Waals surface area contributed by atoms with Gasteiger partial charge in [0.1, 0.15) is 0 Å². The van der Waals surface area contributed by atoms with E-state index in [1.54, 1.807) is 0 Å². The van der Waals surface area contributed by atoms with E-state index in [1.165, 1.54) is 0 Å². The molecule has 3 N–H and O–H groups in total. The van der Waals surface area contributed by atoms with E-state index < -0.39 is 6.04 Å². The van der Waals surface area contributed by atoms with E-state index in [1.807, 2.05) is 30.3 Å². The predicted octanol–water partition coefficient (Wildman–Crippen LogP) is 1.16. The van der Waals surface area contributed by atoms with Crippen molar-refractivity contribution in [2.24, 2.45) is 5.73 Å². The quantitative estimate of drug-likeness (QED) is 0.867. The van der Waals surface area contributed by atoms with Crippen LogP contribution in [0.4, 0.5) is 0 Å². The van der Waals surface area contributed by atoms with Crippen LogP contribution in [0.2, 0.25) is 0 Å². The van der Waals surface area contributed by atoms with Gasteiger partial charge in [-0.15, -0.1) is 0 Å². The minimum Gasteiger partial charge on any atom is -0.352 e. The molecule has 1 aliphatic rings. The zero-order chi connectivity index (χ0) is 14.5. The molecule has 1 aromatic rings. The normalized spacial score (nSPS) is 25.1. The molecule has 0 bridgehead atoms. The van der Waals surface area contributed by atoms with Crippen LogP contribution in [0.15, 0.2) is 30.3 Å². The molecule has 1 saturated heterocycles. The number of nitrogens with two attached hydrogens (primary N) is 1. The summed E-state index contributed by atoms with van der Waals surface area (Å²) in [7, 11) is 2.13. The van der Waals surface area contributed by atoms with Crippen molar-refractivity contribution in [3.05, 3.63) is 35.9 Å². The largest absolute Gasteiger partial charge is 0.352 e. The third-order valence-corrected chi connectivity index (χ3v) is 4.19. The van der Waals surface area contributed by atoms with Crippen LogP contribution in [-0.2, 0) is 11.2 Å². The minimum absolute atomic E-state index is 0.0318. The number of nitrogens with one attached hydrogen (secondary N) is 1. The number of carbonyl (C=O) groups is 1. The molecular formula is C16H25N3O. The lowest BCUT2D eigenvalue weighted by Gasteiger charge is -2.35. The molecule has 1 aromatic carbocycles. The number of nitrogens with zero attached hydrogens (tertiary/aromatic N) is 1. The summed E-state index contributed by atoms with van der Waals surface area (Å²) in [5, 5.41) is 3.10. The second kappa shape index (κ2) is 6.86. The molecule has 1 heterocycles. The molecule has 0 saturated carbocycles. The van der Waals surface area contributed by atoms with Crippen molar-refractivity contribution in [1.29, 1.82) is 0 Å². The summed E-state index contributed by atoms with van der Waals surface area (Å²) in [5.41, 5.74) is 7.11. The summed E-state index contributed by atoms with van der Waals surface area (Å²) < 4.78 is 0. The van der Waals surface area contributed by atoms with E-state index in [0.717, 1.165) is 24.9 Å². The van der Waals surface area contributed by atoms with Gasteiger partial charge in [-0.1, -0.05) is 30.3 Å². The Labute approximate surface area is 121 Å². The van der Waals surface area contributed by atoms with Crippen LogP contribution in [0.1, 0.15) is 25.3 Å². The summed E-state index contributed by atoms with van der Waals surface area (Å²) in [4.78, 5) is 14.5. The number of likely N-dealkylation sites (tertiary alicyclic amines) is 1. The predicted molar refractivity (Wildman–Crippen MR) is 81.4 cm³/mol. The second-order valence-corrected chi connectivity index (χ2v) is 5.86. The molecule has 3 atom stereocenters. The van der Waals surface area contributed by atoms with Crippen molar-refractivity contribution in [3.8, 4) is 0 Å². The summed E-state index contributed by atoms with van der Waals surface area (Å²) in [5.74, 6) is -0.0318. The highest BCUT2D eigenvalue weighted by Crippen LogP contribution is 2.15. The first-order valence-electron chi connectivity index (χ1n) is 7.36. The van der Waals surface area contributed by atoms with E-state index >= 15 is 0 Å². The molecule has 0 aromatic heterocycles. The molecule has 20 heavy (non-hydrogen) atoms. The maximum absolute atomic E-state index is 12.2. The molecular weight excluding hydrogens is 250 g/mol. The van der Waals surface area contributed by atoms with Gasteiger partial charge in [0.2, 0.25) is 5.91 Å². The Morgan fingerprint density at radius 3 is 2.80 bits per heavy atom. The number of rotatable bonds is 4. The van der Waals surface area contributed by atoms with Gasteiger partial charge in [-0.05, 0) is 38.8 Å². The smallest absolute Gasteiger partial charge is 0.237 e. The average Bonchev–Trinajstić information content (AvgIpc) is 2.44. The van der Waals surface area contributed by atoms with Gasteiger partial charge in [-0.3, -0.25) is 4.79 Å². The Hall–Kier alpha value is -1.39.